The Hall–Kier alpha value is -0.930. The van der Waals surface area contributed by atoms with Crippen molar-refractivity contribution >= 4 is 0 Å². The van der Waals surface area contributed by atoms with Crippen molar-refractivity contribution in [1.82, 2.24) is 10.2 Å². The van der Waals surface area contributed by atoms with Crippen LogP contribution < -0.4 is 5.32 Å². The first-order valence-electron chi connectivity index (χ1n) is 7.43. The zero-order valence-corrected chi connectivity index (χ0v) is 11.8. The molecule has 0 bridgehead atoms. The third-order valence-corrected chi connectivity index (χ3v) is 3.90. The summed E-state index contributed by atoms with van der Waals surface area (Å²) < 4.78 is 12.5. The smallest absolute Gasteiger partial charge is 0.0906 e. The molecule has 0 aromatic heterocycles. The van der Waals surface area contributed by atoms with E-state index in [0.29, 0.717) is 18.5 Å². The van der Waals surface area contributed by atoms with E-state index in [1.165, 1.54) is 18.4 Å². The Balaban J connectivity index is 2.04. The summed E-state index contributed by atoms with van der Waals surface area (Å²) in [6.45, 7) is 4.87. The molecule has 1 saturated heterocycles. The summed E-state index contributed by atoms with van der Waals surface area (Å²) in [7, 11) is 0. The van der Waals surface area contributed by atoms with Crippen LogP contribution >= 0.6 is 0 Å². The fourth-order valence-electron chi connectivity index (χ4n) is 2.94. The van der Waals surface area contributed by atoms with Crippen LogP contribution in [-0.2, 0) is 0 Å². The molecule has 1 N–H and O–H groups in total. The minimum Gasteiger partial charge on any atom is -0.311 e. The second kappa shape index (κ2) is 7.61. The van der Waals surface area contributed by atoms with E-state index in [9.17, 15) is 4.39 Å². The predicted octanol–water partition coefficient (Wildman–Crippen LogP) is 3.16. The monoisotopic (exact) mass is 264 g/mol. The molecule has 1 heterocycles. The Bertz CT molecular complexity index is 355. The van der Waals surface area contributed by atoms with Crippen molar-refractivity contribution in [2.24, 2.45) is 0 Å². The molecule has 0 aliphatic carbocycles. The lowest BCUT2D eigenvalue weighted by Gasteiger charge is -2.40. The average Bonchev–Trinajstić information content (AvgIpc) is 2.46. The molecule has 19 heavy (non-hydrogen) atoms. The SMILES string of the molecule is CCCC1CN(CCCF)C(c2ccccc2)CN1. The molecule has 0 amide bonds. The van der Waals surface area contributed by atoms with Gasteiger partial charge in [-0.15, -0.1) is 0 Å². The number of nitrogens with zero attached hydrogens (tertiary/aromatic N) is 1. The van der Waals surface area contributed by atoms with Crippen molar-refractivity contribution in [3.63, 3.8) is 0 Å². The maximum absolute atomic E-state index is 12.5. The van der Waals surface area contributed by atoms with Gasteiger partial charge in [-0.2, -0.15) is 0 Å². The van der Waals surface area contributed by atoms with Crippen LogP contribution in [-0.4, -0.2) is 37.3 Å². The van der Waals surface area contributed by atoms with Gasteiger partial charge >= 0.3 is 0 Å². The third kappa shape index (κ3) is 4.02. The molecule has 0 spiro atoms. The van der Waals surface area contributed by atoms with E-state index < -0.39 is 0 Å². The van der Waals surface area contributed by atoms with Crippen LogP contribution in [0, 0.1) is 0 Å². The average molecular weight is 264 g/mol. The van der Waals surface area contributed by atoms with E-state index in [0.717, 1.165) is 19.6 Å². The van der Waals surface area contributed by atoms with Crippen molar-refractivity contribution < 1.29 is 4.39 Å². The molecule has 0 radical (unpaired) electrons. The van der Waals surface area contributed by atoms with Gasteiger partial charge in [0.15, 0.2) is 0 Å². The maximum atomic E-state index is 12.5. The van der Waals surface area contributed by atoms with E-state index in [2.05, 4.69) is 41.4 Å². The van der Waals surface area contributed by atoms with E-state index in [4.69, 9.17) is 0 Å². The summed E-state index contributed by atoms with van der Waals surface area (Å²) in [5.74, 6) is 0. The highest BCUT2D eigenvalue weighted by atomic mass is 19.1. The Morgan fingerprint density at radius 2 is 2.11 bits per heavy atom. The van der Waals surface area contributed by atoms with Crippen LogP contribution in [0.5, 0.6) is 0 Å². The number of halogens is 1. The molecule has 1 aromatic rings. The Labute approximate surface area is 116 Å². The molecule has 2 rings (SSSR count). The number of piperazine rings is 1. The van der Waals surface area contributed by atoms with E-state index in [-0.39, 0.29) is 6.67 Å². The molecular weight excluding hydrogens is 239 g/mol. The van der Waals surface area contributed by atoms with E-state index in [1.54, 1.807) is 0 Å². The van der Waals surface area contributed by atoms with Gasteiger partial charge in [-0.1, -0.05) is 43.7 Å². The normalized spacial score (nSPS) is 24.5. The number of nitrogens with one attached hydrogen (secondary N) is 1. The number of rotatable bonds is 6. The van der Waals surface area contributed by atoms with Gasteiger partial charge in [-0.3, -0.25) is 9.29 Å². The highest BCUT2D eigenvalue weighted by Gasteiger charge is 2.27. The van der Waals surface area contributed by atoms with Crippen LogP contribution in [0.25, 0.3) is 0 Å². The zero-order chi connectivity index (χ0) is 13.5. The largest absolute Gasteiger partial charge is 0.311 e. The van der Waals surface area contributed by atoms with Gasteiger partial charge in [0.25, 0.3) is 0 Å². The molecule has 2 atom stereocenters. The first-order chi connectivity index (χ1) is 9.35. The minimum atomic E-state index is -0.218. The molecule has 106 valence electrons. The number of benzene rings is 1. The zero-order valence-electron chi connectivity index (χ0n) is 11.8. The maximum Gasteiger partial charge on any atom is 0.0906 e. The van der Waals surface area contributed by atoms with Crippen LogP contribution in [0.3, 0.4) is 0 Å². The molecule has 0 saturated carbocycles. The van der Waals surface area contributed by atoms with Crippen LogP contribution in [0.2, 0.25) is 0 Å². The summed E-state index contributed by atoms with van der Waals surface area (Å²) >= 11 is 0. The Morgan fingerprint density at radius 3 is 2.79 bits per heavy atom. The topological polar surface area (TPSA) is 15.3 Å². The van der Waals surface area contributed by atoms with Crippen molar-refractivity contribution in [3.05, 3.63) is 35.9 Å². The van der Waals surface area contributed by atoms with Crippen molar-refractivity contribution in [2.75, 3.05) is 26.3 Å². The van der Waals surface area contributed by atoms with Crippen LogP contribution in [0.1, 0.15) is 37.8 Å². The van der Waals surface area contributed by atoms with Crippen molar-refractivity contribution in [1.29, 1.82) is 0 Å². The van der Waals surface area contributed by atoms with Gasteiger partial charge < -0.3 is 5.32 Å². The fraction of sp³-hybridized carbons (Fsp3) is 0.625. The molecule has 3 heteroatoms. The lowest BCUT2D eigenvalue weighted by Crippen LogP contribution is -2.52. The Morgan fingerprint density at radius 1 is 1.32 bits per heavy atom. The molecular formula is C16H25FN2. The van der Waals surface area contributed by atoms with Crippen LogP contribution in [0.15, 0.2) is 30.3 Å². The summed E-state index contributed by atoms with van der Waals surface area (Å²) in [5, 5.41) is 3.64. The minimum absolute atomic E-state index is 0.218. The predicted molar refractivity (Wildman–Crippen MR) is 78.0 cm³/mol. The van der Waals surface area contributed by atoms with Gasteiger partial charge in [0.05, 0.1) is 6.67 Å². The van der Waals surface area contributed by atoms with Crippen molar-refractivity contribution in [3.8, 4) is 0 Å². The molecule has 2 unspecified atom stereocenters. The molecule has 1 fully saturated rings. The standard InChI is InChI=1S/C16H25FN2/c1-2-7-15-13-19(11-6-10-17)16(12-18-15)14-8-4-3-5-9-14/h3-5,8-9,15-16,18H,2,6-7,10-13H2,1H3. The molecule has 1 aromatic carbocycles. The van der Waals surface area contributed by atoms with Gasteiger partial charge in [-0.05, 0) is 18.4 Å². The van der Waals surface area contributed by atoms with Crippen molar-refractivity contribution in [2.45, 2.75) is 38.3 Å². The highest BCUT2D eigenvalue weighted by molar-refractivity contribution is 5.20. The number of hydrogen-bond acceptors (Lipinski definition) is 2. The first kappa shape index (κ1) is 14.5. The molecule has 1 aliphatic heterocycles. The van der Waals surface area contributed by atoms with Gasteiger partial charge in [0.1, 0.15) is 0 Å². The van der Waals surface area contributed by atoms with E-state index in [1.807, 2.05) is 6.07 Å². The van der Waals surface area contributed by atoms with Gasteiger partial charge in [0, 0.05) is 31.7 Å². The third-order valence-electron chi connectivity index (χ3n) is 3.90. The highest BCUT2D eigenvalue weighted by Crippen LogP contribution is 2.24. The summed E-state index contributed by atoms with van der Waals surface area (Å²) in [6.07, 6.45) is 3.04. The van der Waals surface area contributed by atoms with Gasteiger partial charge in [0.2, 0.25) is 0 Å². The molecule has 1 aliphatic rings. The first-order valence-corrected chi connectivity index (χ1v) is 7.43. The second-order valence-electron chi connectivity index (χ2n) is 5.36. The number of alkyl halides is 1. The van der Waals surface area contributed by atoms with Gasteiger partial charge in [-0.25, -0.2) is 0 Å². The summed E-state index contributed by atoms with van der Waals surface area (Å²) in [5.41, 5.74) is 1.34. The van der Waals surface area contributed by atoms with E-state index >= 15 is 0 Å². The quantitative estimate of drug-likeness (QED) is 0.849. The lowest BCUT2D eigenvalue weighted by molar-refractivity contribution is 0.122. The lowest BCUT2D eigenvalue weighted by atomic mass is 9.99. The number of hydrogen-bond donors (Lipinski definition) is 1. The fourth-order valence-corrected chi connectivity index (χ4v) is 2.94. The summed E-state index contributed by atoms with van der Waals surface area (Å²) in [4.78, 5) is 2.45. The Kier molecular flexibility index (Phi) is 5.80. The van der Waals surface area contributed by atoms with Crippen LogP contribution in [0.4, 0.5) is 4.39 Å². The second-order valence-corrected chi connectivity index (χ2v) is 5.36. The molecule has 2 nitrogen and oxygen atoms in total. The summed E-state index contributed by atoms with van der Waals surface area (Å²) in [6, 6.07) is 11.5.